The zero-order valence-electron chi connectivity index (χ0n) is 15.4. The van der Waals surface area contributed by atoms with Gasteiger partial charge in [-0.25, -0.2) is 4.79 Å². The molecule has 2 aromatic carbocycles. The fourth-order valence-electron chi connectivity index (χ4n) is 2.53. The number of methoxy groups -OCH3 is 2. The van der Waals surface area contributed by atoms with Crippen molar-refractivity contribution in [1.29, 1.82) is 0 Å². The number of amides is 1. The zero-order valence-corrected chi connectivity index (χ0v) is 15.4. The van der Waals surface area contributed by atoms with Crippen LogP contribution in [0.15, 0.2) is 36.4 Å². The molecule has 0 aliphatic carbocycles. The number of aryl methyl sites for hydroxylation is 1. The van der Waals surface area contributed by atoms with E-state index in [2.05, 4.69) is 5.32 Å². The lowest BCUT2D eigenvalue weighted by Gasteiger charge is -2.14. The van der Waals surface area contributed by atoms with Crippen molar-refractivity contribution in [2.45, 2.75) is 20.3 Å². The van der Waals surface area contributed by atoms with Gasteiger partial charge in [0.25, 0.3) is 5.91 Å². The molecule has 138 valence electrons. The molecule has 0 heterocycles. The molecule has 0 atom stereocenters. The van der Waals surface area contributed by atoms with Gasteiger partial charge in [0.15, 0.2) is 11.5 Å². The molecule has 1 N–H and O–H groups in total. The Kier molecular flexibility index (Phi) is 6.60. The quantitative estimate of drug-likeness (QED) is 0.765. The largest absolute Gasteiger partial charge is 0.493 e. The van der Waals surface area contributed by atoms with E-state index in [4.69, 9.17) is 14.2 Å². The van der Waals surface area contributed by atoms with Gasteiger partial charge in [0, 0.05) is 11.3 Å². The Hall–Kier alpha value is -3.02. The predicted octanol–water partition coefficient (Wildman–Crippen LogP) is 3.70. The summed E-state index contributed by atoms with van der Waals surface area (Å²) in [5.74, 6) is 0.428. The molecule has 0 aromatic heterocycles. The zero-order chi connectivity index (χ0) is 19.1. The van der Waals surface area contributed by atoms with E-state index in [-0.39, 0.29) is 5.91 Å². The molecule has 6 heteroatoms. The molecule has 2 aromatic rings. The van der Waals surface area contributed by atoms with Gasteiger partial charge in [0.1, 0.15) is 0 Å². The minimum absolute atomic E-state index is 0.258. The van der Waals surface area contributed by atoms with Crippen LogP contribution < -0.4 is 14.8 Å². The molecule has 0 aliphatic rings. The topological polar surface area (TPSA) is 73.9 Å². The molecule has 0 radical (unpaired) electrons. The van der Waals surface area contributed by atoms with Crippen LogP contribution >= 0.6 is 0 Å². The molecule has 0 spiro atoms. The van der Waals surface area contributed by atoms with Crippen molar-refractivity contribution in [3.8, 4) is 11.5 Å². The van der Waals surface area contributed by atoms with Gasteiger partial charge in [-0.15, -0.1) is 0 Å². The number of carbonyl (C=O) groups excluding carboxylic acids is 2. The number of esters is 1. The van der Waals surface area contributed by atoms with Gasteiger partial charge >= 0.3 is 5.97 Å². The Morgan fingerprint density at radius 1 is 0.962 bits per heavy atom. The highest BCUT2D eigenvalue weighted by Crippen LogP contribution is 2.31. The first-order chi connectivity index (χ1) is 12.5. The number of carbonyl (C=O) groups is 2. The fraction of sp³-hybridized carbons (Fsp3) is 0.300. The standard InChI is InChI=1S/C20H23NO5/c1-5-13-11-17(24-3)18(25-4)12-16(13)19(22)21-15-9-7-14(8-10-15)20(23)26-6-2/h7-12H,5-6H2,1-4H3,(H,21,22). The highest BCUT2D eigenvalue weighted by atomic mass is 16.5. The average Bonchev–Trinajstić information content (AvgIpc) is 2.67. The number of rotatable bonds is 7. The maximum Gasteiger partial charge on any atom is 0.338 e. The number of anilines is 1. The summed E-state index contributed by atoms with van der Waals surface area (Å²) in [5.41, 5.74) is 2.38. The van der Waals surface area contributed by atoms with E-state index in [9.17, 15) is 9.59 Å². The van der Waals surface area contributed by atoms with Crippen LogP contribution in [0.3, 0.4) is 0 Å². The van der Waals surface area contributed by atoms with E-state index in [1.165, 1.54) is 7.11 Å². The second kappa shape index (κ2) is 8.89. The summed E-state index contributed by atoms with van der Waals surface area (Å²) in [6, 6.07) is 10.0. The number of hydrogen-bond donors (Lipinski definition) is 1. The molecule has 26 heavy (non-hydrogen) atoms. The Labute approximate surface area is 153 Å². The highest BCUT2D eigenvalue weighted by Gasteiger charge is 2.16. The first-order valence-corrected chi connectivity index (χ1v) is 8.37. The summed E-state index contributed by atoms with van der Waals surface area (Å²) >= 11 is 0. The van der Waals surface area contributed by atoms with Crippen LogP contribution in [0.25, 0.3) is 0 Å². The summed E-state index contributed by atoms with van der Waals surface area (Å²) in [6.45, 7) is 4.03. The van der Waals surface area contributed by atoms with Crippen LogP contribution in [0.4, 0.5) is 5.69 Å². The first kappa shape index (κ1) is 19.3. The van der Waals surface area contributed by atoms with Crippen LogP contribution in [-0.2, 0) is 11.2 Å². The minimum atomic E-state index is -0.390. The molecule has 0 bridgehead atoms. The summed E-state index contributed by atoms with van der Waals surface area (Å²) in [5, 5.41) is 2.83. The molecule has 2 rings (SSSR count). The Bertz CT molecular complexity index is 784. The summed E-state index contributed by atoms with van der Waals surface area (Å²) in [7, 11) is 3.08. The third-order valence-corrected chi connectivity index (χ3v) is 3.89. The molecule has 0 saturated carbocycles. The van der Waals surface area contributed by atoms with Gasteiger partial charge in [0.05, 0.1) is 26.4 Å². The van der Waals surface area contributed by atoms with E-state index in [0.29, 0.717) is 41.3 Å². The summed E-state index contributed by atoms with van der Waals surface area (Å²) in [4.78, 5) is 24.4. The molecular formula is C20H23NO5. The van der Waals surface area contributed by atoms with E-state index in [1.807, 2.05) is 6.92 Å². The van der Waals surface area contributed by atoms with Crippen LogP contribution in [0, 0.1) is 0 Å². The van der Waals surface area contributed by atoms with E-state index < -0.39 is 5.97 Å². The SMILES string of the molecule is CCOC(=O)c1ccc(NC(=O)c2cc(OC)c(OC)cc2CC)cc1. The number of hydrogen-bond acceptors (Lipinski definition) is 5. The smallest absolute Gasteiger partial charge is 0.338 e. The molecule has 6 nitrogen and oxygen atoms in total. The Balaban J connectivity index is 2.23. The maximum atomic E-state index is 12.7. The molecule has 0 aliphatic heterocycles. The number of nitrogens with one attached hydrogen (secondary N) is 1. The van der Waals surface area contributed by atoms with E-state index >= 15 is 0 Å². The second-order valence-corrected chi connectivity index (χ2v) is 5.47. The van der Waals surface area contributed by atoms with E-state index in [1.54, 1.807) is 50.4 Å². The van der Waals surface area contributed by atoms with Gasteiger partial charge < -0.3 is 19.5 Å². The van der Waals surface area contributed by atoms with Crippen LogP contribution in [0.5, 0.6) is 11.5 Å². The fourth-order valence-corrected chi connectivity index (χ4v) is 2.53. The molecule has 0 fully saturated rings. The monoisotopic (exact) mass is 357 g/mol. The minimum Gasteiger partial charge on any atom is -0.493 e. The van der Waals surface area contributed by atoms with Crippen LogP contribution in [0.1, 0.15) is 40.1 Å². The van der Waals surface area contributed by atoms with Gasteiger partial charge in [-0.1, -0.05) is 6.92 Å². The van der Waals surface area contributed by atoms with Crippen molar-refractivity contribution >= 4 is 17.6 Å². The van der Waals surface area contributed by atoms with Crippen molar-refractivity contribution in [3.63, 3.8) is 0 Å². The van der Waals surface area contributed by atoms with Gasteiger partial charge in [-0.05, 0) is 55.3 Å². The number of ether oxygens (including phenoxy) is 3. The van der Waals surface area contributed by atoms with Gasteiger partial charge in [0.2, 0.25) is 0 Å². The van der Waals surface area contributed by atoms with Gasteiger partial charge in [-0.2, -0.15) is 0 Å². The number of benzene rings is 2. The van der Waals surface area contributed by atoms with Crippen molar-refractivity contribution in [3.05, 3.63) is 53.1 Å². The predicted molar refractivity (Wildman–Crippen MR) is 99.3 cm³/mol. The second-order valence-electron chi connectivity index (χ2n) is 5.47. The van der Waals surface area contributed by atoms with Crippen LogP contribution in [0.2, 0.25) is 0 Å². The lowest BCUT2D eigenvalue weighted by Crippen LogP contribution is -2.15. The van der Waals surface area contributed by atoms with Crippen molar-refractivity contribution in [1.82, 2.24) is 0 Å². The molecule has 0 unspecified atom stereocenters. The first-order valence-electron chi connectivity index (χ1n) is 8.37. The normalized spacial score (nSPS) is 10.2. The van der Waals surface area contributed by atoms with Crippen molar-refractivity contribution in [2.24, 2.45) is 0 Å². The summed E-state index contributed by atoms with van der Waals surface area (Å²) < 4.78 is 15.5. The van der Waals surface area contributed by atoms with Crippen molar-refractivity contribution < 1.29 is 23.8 Å². The molecule has 1 amide bonds. The lowest BCUT2D eigenvalue weighted by atomic mass is 10.0. The van der Waals surface area contributed by atoms with E-state index in [0.717, 1.165) is 5.56 Å². The highest BCUT2D eigenvalue weighted by molar-refractivity contribution is 6.06. The van der Waals surface area contributed by atoms with Gasteiger partial charge in [-0.3, -0.25) is 4.79 Å². The molecular weight excluding hydrogens is 334 g/mol. The third kappa shape index (κ3) is 4.33. The third-order valence-electron chi connectivity index (χ3n) is 3.89. The lowest BCUT2D eigenvalue weighted by molar-refractivity contribution is 0.0526. The Morgan fingerprint density at radius 2 is 1.58 bits per heavy atom. The Morgan fingerprint density at radius 3 is 2.12 bits per heavy atom. The summed E-state index contributed by atoms with van der Waals surface area (Å²) in [6.07, 6.45) is 0.672. The molecule has 0 saturated heterocycles. The van der Waals surface area contributed by atoms with Crippen molar-refractivity contribution in [2.75, 3.05) is 26.1 Å². The maximum absolute atomic E-state index is 12.7. The van der Waals surface area contributed by atoms with Crippen LogP contribution in [-0.4, -0.2) is 32.7 Å². The average molecular weight is 357 g/mol.